The highest BCUT2D eigenvalue weighted by molar-refractivity contribution is 5.92. The lowest BCUT2D eigenvalue weighted by molar-refractivity contribution is -0.149. The summed E-state index contributed by atoms with van der Waals surface area (Å²) in [5, 5.41) is 9.38. The van der Waals surface area contributed by atoms with Crippen molar-refractivity contribution in [3.8, 4) is 0 Å². The van der Waals surface area contributed by atoms with Gasteiger partial charge in [0.2, 0.25) is 35.4 Å². The normalized spacial score (nSPS) is 16.2. The maximum atomic E-state index is 14.7. The summed E-state index contributed by atoms with van der Waals surface area (Å²) in [6, 6.07) is 12.4. The molecule has 18 nitrogen and oxygen atoms in total. The maximum Gasteiger partial charge on any atom is 0.416 e. The Kier molecular flexibility index (Phi) is 21.7. The number of amidine groups is 1. The number of benzene rings is 2. The van der Waals surface area contributed by atoms with E-state index in [1.807, 2.05) is 4.90 Å². The van der Waals surface area contributed by atoms with Gasteiger partial charge in [-0.15, -0.1) is 6.58 Å². The lowest BCUT2D eigenvalue weighted by atomic mass is 10.1. The zero-order valence-electron chi connectivity index (χ0n) is 41.7. The highest BCUT2D eigenvalue weighted by Gasteiger charge is 2.34. The van der Waals surface area contributed by atoms with E-state index in [2.05, 4.69) is 6.58 Å². The monoisotopic (exact) mass is 1010 g/mol. The van der Waals surface area contributed by atoms with Crippen LogP contribution in [0.3, 0.4) is 0 Å². The van der Waals surface area contributed by atoms with E-state index in [1.165, 1.54) is 49.7 Å². The molecule has 2 atom stereocenters. The van der Waals surface area contributed by atoms with Crippen LogP contribution in [0.5, 0.6) is 0 Å². The minimum atomic E-state index is -4.68. The number of Topliss-reactive ketones (excluding diaryl/α,β-unsaturated/α-hetero) is 1. The maximum absolute atomic E-state index is 14.7. The van der Waals surface area contributed by atoms with Gasteiger partial charge in [0.1, 0.15) is 25.4 Å². The van der Waals surface area contributed by atoms with Gasteiger partial charge in [-0.1, -0.05) is 48.5 Å². The SMILES string of the molecule is C=CCN(CC(=O)N(CC(=O)N(CCCN1CCCC1=N)CC(C)=O)CC1CCCO1)C(=O)CN(C(=O)CN(Cc1cccc(C(F)(F)F)c1)C(=O)CN(N)CCCN1CCCC1=O)C(C)c1ccccc1. The van der Waals surface area contributed by atoms with Gasteiger partial charge in [0.15, 0.2) is 0 Å². The van der Waals surface area contributed by atoms with Crippen molar-refractivity contribution in [2.75, 3.05) is 98.2 Å². The first kappa shape index (κ1) is 56.7. The van der Waals surface area contributed by atoms with Gasteiger partial charge in [0.25, 0.3) is 0 Å². The molecule has 3 aliphatic rings. The minimum absolute atomic E-state index is 0.0350. The first-order valence-corrected chi connectivity index (χ1v) is 24.8. The summed E-state index contributed by atoms with van der Waals surface area (Å²) < 4.78 is 47.4. The second-order valence-electron chi connectivity index (χ2n) is 18.7. The van der Waals surface area contributed by atoms with Gasteiger partial charge in [-0.2, -0.15) is 13.2 Å². The Morgan fingerprint density at radius 3 is 2.07 bits per heavy atom. The number of rotatable bonds is 28. The van der Waals surface area contributed by atoms with E-state index < -0.39 is 86.6 Å². The third-order valence-corrected chi connectivity index (χ3v) is 13.1. The van der Waals surface area contributed by atoms with Crippen LogP contribution in [0.15, 0.2) is 67.3 Å². The Morgan fingerprint density at radius 2 is 1.43 bits per heavy atom. The molecule has 394 valence electrons. The third kappa shape index (κ3) is 17.5. The molecule has 21 heteroatoms. The third-order valence-electron chi connectivity index (χ3n) is 13.1. The van der Waals surface area contributed by atoms with Crippen LogP contribution < -0.4 is 5.84 Å². The molecule has 2 aromatic carbocycles. The Balaban J connectivity index is 1.35. The molecule has 0 bridgehead atoms. The summed E-state index contributed by atoms with van der Waals surface area (Å²) in [5.41, 5.74) is -0.226. The molecule has 0 aliphatic carbocycles. The smallest absolute Gasteiger partial charge is 0.376 e. The van der Waals surface area contributed by atoms with E-state index in [1.54, 1.807) is 42.2 Å². The van der Waals surface area contributed by atoms with E-state index in [9.17, 15) is 46.7 Å². The lowest BCUT2D eigenvalue weighted by Crippen LogP contribution is -2.52. The molecule has 2 unspecified atom stereocenters. The number of hydrogen-bond acceptors (Lipinski definition) is 11. The van der Waals surface area contributed by atoms with Gasteiger partial charge in [0, 0.05) is 78.4 Å². The number of nitrogens with one attached hydrogen (secondary N) is 1. The second-order valence-corrected chi connectivity index (χ2v) is 18.7. The summed E-state index contributed by atoms with van der Waals surface area (Å²) >= 11 is 0. The number of nitrogens with two attached hydrogens (primary N) is 1. The lowest BCUT2D eigenvalue weighted by Gasteiger charge is -2.34. The number of hydrogen-bond donors (Lipinski definition) is 2. The zero-order chi connectivity index (χ0) is 52.4. The van der Waals surface area contributed by atoms with Crippen molar-refractivity contribution in [3.05, 3.63) is 83.9 Å². The number of ether oxygens (including phenoxy) is 1. The molecule has 0 saturated carbocycles. The summed E-state index contributed by atoms with van der Waals surface area (Å²) in [7, 11) is 0. The highest BCUT2D eigenvalue weighted by Crippen LogP contribution is 2.30. The number of halogens is 3. The number of hydrazine groups is 1. The molecule has 6 amide bonds. The van der Waals surface area contributed by atoms with Gasteiger partial charge in [-0.3, -0.25) is 44.8 Å². The van der Waals surface area contributed by atoms with E-state index in [0.717, 1.165) is 42.8 Å². The Bertz CT molecular complexity index is 2210. The van der Waals surface area contributed by atoms with Crippen molar-refractivity contribution in [2.24, 2.45) is 5.84 Å². The van der Waals surface area contributed by atoms with Crippen LogP contribution in [0.25, 0.3) is 0 Å². The van der Waals surface area contributed by atoms with Crippen molar-refractivity contribution >= 4 is 47.1 Å². The van der Waals surface area contributed by atoms with Crippen molar-refractivity contribution in [1.82, 2.24) is 39.3 Å². The molecular formula is C51H71F3N10O8. The molecule has 3 saturated heterocycles. The van der Waals surface area contributed by atoms with Crippen LogP contribution >= 0.6 is 0 Å². The summed E-state index contributed by atoms with van der Waals surface area (Å²) in [4.78, 5) is 106. The number of ketones is 1. The average molecular weight is 1010 g/mol. The molecule has 72 heavy (non-hydrogen) atoms. The zero-order valence-corrected chi connectivity index (χ0v) is 41.7. The molecule has 0 radical (unpaired) electrons. The minimum Gasteiger partial charge on any atom is -0.376 e. The summed E-state index contributed by atoms with van der Waals surface area (Å²) in [6.07, 6.45) is 1.50. The first-order valence-electron chi connectivity index (χ1n) is 24.8. The average Bonchev–Trinajstić information content (AvgIpc) is 4.12. The van der Waals surface area contributed by atoms with Crippen molar-refractivity contribution in [2.45, 2.75) is 90.1 Å². The fourth-order valence-electron chi connectivity index (χ4n) is 9.12. The van der Waals surface area contributed by atoms with Gasteiger partial charge in [-0.05, 0) is 75.6 Å². The largest absolute Gasteiger partial charge is 0.416 e. The van der Waals surface area contributed by atoms with Gasteiger partial charge in [-0.25, -0.2) is 5.01 Å². The number of alkyl halides is 3. The molecule has 0 spiro atoms. The summed E-state index contributed by atoms with van der Waals surface area (Å²) in [5.74, 6) is 3.46. The van der Waals surface area contributed by atoms with E-state index in [0.29, 0.717) is 69.7 Å². The first-order chi connectivity index (χ1) is 34.3. The molecular weight excluding hydrogens is 938 g/mol. The number of likely N-dealkylation sites (tertiary alicyclic amines) is 2. The molecule has 5 rings (SSSR count). The highest BCUT2D eigenvalue weighted by atomic mass is 19.4. The molecule has 3 aliphatic heterocycles. The topological polar surface area (TPSA) is 205 Å². The van der Waals surface area contributed by atoms with Crippen LogP contribution in [-0.2, 0) is 51.0 Å². The van der Waals surface area contributed by atoms with Crippen LogP contribution in [-0.4, -0.2) is 191 Å². The van der Waals surface area contributed by atoms with Crippen LogP contribution in [0.4, 0.5) is 13.2 Å². The van der Waals surface area contributed by atoms with Crippen LogP contribution in [0.2, 0.25) is 0 Å². The molecule has 3 heterocycles. The summed E-state index contributed by atoms with van der Waals surface area (Å²) in [6.45, 7) is 6.86. The predicted molar refractivity (Wildman–Crippen MR) is 262 cm³/mol. The predicted octanol–water partition coefficient (Wildman–Crippen LogP) is 3.71. The van der Waals surface area contributed by atoms with Crippen LogP contribution in [0, 0.1) is 5.41 Å². The van der Waals surface area contributed by atoms with Crippen LogP contribution in [0.1, 0.15) is 87.9 Å². The Labute approximate surface area is 420 Å². The number of carbonyl (C=O) groups is 7. The van der Waals surface area contributed by atoms with Crippen molar-refractivity contribution < 1.29 is 51.5 Å². The molecule has 3 N–H and O–H groups in total. The van der Waals surface area contributed by atoms with Gasteiger partial charge in [0.05, 0.1) is 43.2 Å². The molecule has 2 aromatic rings. The van der Waals surface area contributed by atoms with Crippen molar-refractivity contribution in [1.29, 1.82) is 5.41 Å². The van der Waals surface area contributed by atoms with Gasteiger partial charge >= 0.3 is 6.18 Å². The fourth-order valence-corrected chi connectivity index (χ4v) is 9.12. The quantitative estimate of drug-likeness (QED) is 0.0715. The Hall–Kier alpha value is -6.19. The number of nitrogens with zero attached hydrogens (tertiary/aromatic N) is 8. The fraction of sp³-hybridized carbons (Fsp3) is 0.569. The Morgan fingerprint density at radius 1 is 0.792 bits per heavy atom. The van der Waals surface area contributed by atoms with E-state index in [-0.39, 0.29) is 56.1 Å². The second kappa shape index (κ2) is 27.6. The number of carbonyl (C=O) groups excluding carboxylic acids is 7. The number of amides is 6. The van der Waals surface area contributed by atoms with E-state index in [4.69, 9.17) is 16.0 Å². The van der Waals surface area contributed by atoms with Crippen molar-refractivity contribution in [3.63, 3.8) is 0 Å². The molecule has 3 fully saturated rings. The molecule has 0 aromatic heterocycles. The standard InChI is InChI=1S/C51H71F3N10O8/c1-4-21-59(33-47(68)62(32-43-18-11-28-72-43)34-46(67)60(30-38(2)65)26-12-24-57-22-9-19-44(57)55)49(70)37-64(39(3)41-15-6-5-7-16-41)50(71)35-61(31-40-14-8-17-42(29-40)51(52,53)54)48(69)36-63(56)27-13-25-58-23-10-20-45(58)66/h4-8,14-17,29,39,43,55H,1,9-13,18-28,30-37,56H2,2-3H3. The van der Waals surface area contributed by atoms with E-state index >= 15 is 0 Å². The van der Waals surface area contributed by atoms with Gasteiger partial charge < -0.3 is 39.0 Å².